The molecule has 0 bridgehead atoms. The Balaban J connectivity index is 1.99. The Morgan fingerprint density at radius 1 is 1.53 bits per heavy atom. The van der Waals surface area contributed by atoms with Gasteiger partial charge in [-0.1, -0.05) is 0 Å². The fourth-order valence-electron chi connectivity index (χ4n) is 2.67. The summed E-state index contributed by atoms with van der Waals surface area (Å²) in [7, 11) is 0. The standard InChI is InChI=1S/C11H20N2O2/c1-8(14)10-3-2-6-13(10)11(15)9-4-5-12-7-9/h8-10,12,14H,2-7H2,1H3. The maximum Gasteiger partial charge on any atom is 0.227 e. The molecule has 3 unspecified atom stereocenters. The van der Waals surface area contributed by atoms with Crippen molar-refractivity contribution in [2.75, 3.05) is 19.6 Å². The first kappa shape index (κ1) is 10.9. The summed E-state index contributed by atoms with van der Waals surface area (Å²) in [5.41, 5.74) is 0. The van der Waals surface area contributed by atoms with Crippen molar-refractivity contribution in [2.45, 2.75) is 38.3 Å². The zero-order chi connectivity index (χ0) is 10.8. The molecular weight excluding hydrogens is 192 g/mol. The maximum absolute atomic E-state index is 12.1. The first-order valence-electron chi connectivity index (χ1n) is 5.89. The van der Waals surface area contributed by atoms with E-state index < -0.39 is 6.10 Å². The van der Waals surface area contributed by atoms with E-state index in [1.165, 1.54) is 0 Å². The van der Waals surface area contributed by atoms with Gasteiger partial charge in [-0.05, 0) is 32.7 Å². The van der Waals surface area contributed by atoms with Crippen molar-refractivity contribution in [1.82, 2.24) is 10.2 Å². The summed E-state index contributed by atoms with van der Waals surface area (Å²) in [6.07, 6.45) is 2.53. The van der Waals surface area contributed by atoms with Crippen LogP contribution < -0.4 is 5.32 Å². The van der Waals surface area contributed by atoms with Gasteiger partial charge in [0.2, 0.25) is 5.91 Å². The van der Waals surface area contributed by atoms with E-state index in [2.05, 4.69) is 5.32 Å². The van der Waals surface area contributed by atoms with E-state index in [1.807, 2.05) is 4.90 Å². The second-order valence-corrected chi connectivity index (χ2v) is 4.67. The highest BCUT2D eigenvalue weighted by Gasteiger charge is 2.36. The monoisotopic (exact) mass is 212 g/mol. The summed E-state index contributed by atoms with van der Waals surface area (Å²) >= 11 is 0. The number of carbonyl (C=O) groups is 1. The molecule has 2 heterocycles. The summed E-state index contributed by atoms with van der Waals surface area (Å²) in [6, 6.07) is 0.0538. The van der Waals surface area contributed by atoms with Gasteiger partial charge in [0.15, 0.2) is 0 Å². The number of likely N-dealkylation sites (tertiary alicyclic amines) is 1. The molecule has 0 saturated carbocycles. The van der Waals surface area contributed by atoms with Crippen molar-refractivity contribution >= 4 is 5.91 Å². The van der Waals surface area contributed by atoms with Crippen molar-refractivity contribution in [3.05, 3.63) is 0 Å². The number of rotatable bonds is 2. The molecule has 0 spiro atoms. The minimum absolute atomic E-state index is 0.0538. The first-order chi connectivity index (χ1) is 7.20. The van der Waals surface area contributed by atoms with Crippen LogP contribution in [0.3, 0.4) is 0 Å². The number of aliphatic hydroxyl groups is 1. The average Bonchev–Trinajstić information content (AvgIpc) is 2.88. The van der Waals surface area contributed by atoms with Crippen LogP contribution in [0.2, 0.25) is 0 Å². The summed E-state index contributed by atoms with van der Waals surface area (Å²) in [5, 5.41) is 12.8. The van der Waals surface area contributed by atoms with Gasteiger partial charge in [0.25, 0.3) is 0 Å². The lowest BCUT2D eigenvalue weighted by Gasteiger charge is -2.29. The zero-order valence-corrected chi connectivity index (χ0v) is 9.28. The first-order valence-corrected chi connectivity index (χ1v) is 5.89. The molecule has 0 aromatic rings. The molecular formula is C11H20N2O2. The van der Waals surface area contributed by atoms with Gasteiger partial charge in [-0.2, -0.15) is 0 Å². The Bertz CT molecular complexity index is 237. The molecule has 0 aromatic heterocycles. The Kier molecular flexibility index (Phi) is 3.26. The van der Waals surface area contributed by atoms with Gasteiger partial charge in [0, 0.05) is 13.1 Å². The molecule has 2 rings (SSSR count). The molecule has 2 saturated heterocycles. The highest BCUT2D eigenvalue weighted by atomic mass is 16.3. The second-order valence-electron chi connectivity index (χ2n) is 4.67. The number of aliphatic hydroxyl groups excluding tert-OH is 1. The van der Waals surface area contributed by atoms with Crippen molar-refractivity contribution in [3.63, 3.8) is 0 Å². The van der Waals surface area contributed by atoms with Crippen molar-refractivity contribution in [1.29, 1.82) is 0 Å². The van der Waals surface area contributed by atoms with Crippen LogP contribution in [-0.2, 0) is 4.79 Å². The summed E-state index contributed by atoms with van der Waals surface area (Å²) in [4.78, 5) is 14.0. The molecule has 2 aliphatic heterocycles. The maximum atomic E-state index is 12.1. The van der Waals surface area contributed by atoms with Crippen molar-refractivity contribution in [2.24, 2.45) is 5.92 Å². The van der Waals surface area contributed by atoms with Crippen LogP contribution in [0.5, 0.6) is 0 Å². The molecule has 0 aromatic carbocycles. The minimum atomic E-state index is -0.397. The van der Waals surface area contributed by atoms with Crippen LogP contribution in [0.1, 0.15) is 26.2 Å². The number of hydrogen-bond donors (Lipinski definition) is 2. The molecule has 4 nitrogen and oxygen atoms in total. The highest BCUT2D eigenvalue weighted by molar-refractivity contribution is 5.80. The van der Waals surface area contributed by atoms with Crippen molar-refractivity contribution < 1.29 is 9.90 Å². The van der Waals surface area contributed by atoms with Gasteiger partial charge in [-0.15, -0.1) is 0 Å². The van der Waals surface area contributed by atoms with E-state index in [9.17, 15) is 9.90 Å². The number of amides is 1. The van der Waals surface area contributed by atoms with E-state index in [4.69, 9.17) is 0 Å². The van der Waals surface area contributed by atoms with Crippen molar-refractivity contribution in [3.8, 4) is 0 Å². The van der Waals surface area contributed by atoms with Gasteiger partial charge in [0.05, 0.1) is 18.1 Å². The molecule has 3 atom stereocenters. The van der Waals surface area contributed by atoms with Crippen LogP contribution in [-0.4, -0.2) is 47.7 Å². The van der Waals surface area contributed by atoms with Crippen LogP contribution in [0.25, 0.3) is 0 Å². The van der Waals surface area contributed by atoms with E-state index in [0.717, 1.165) is 38.9 Å². The molecule has 1 amide bonds. The fraction of sp³-hybridized carbons (Fsp3) is 0.909. The average molecular weight is 212 g/mol. The Morgan fingerprint density at radius 3 is 2.93 bits per heavy atom. The van der Waals surface area contributed by atoms with Crippen LogP contribution in [0, 0.1) is 5.92 Å². The van der Waals surface area contributed by atoms with Gasteiger partial charge in [-0.25, -0.2) is 0 Å². The fourth-order valence-corrected chi connectivity index (χ4v) is 2.67. The van der Waals surface area contributed by atoms with E-state index in [1.54, 1.807) is 6.92 Å². The lowest BCUT2D eigenvalue weighted by atomic mass is 10.1. The SMILES string of the molecule is CC(O)C1CCCN1C(=O)C1CCNC1. The molecule has 15 heavy (non-hydrogen) atoms. The van der Waals surface area contributed by atoms with Gasteiger partial charge >= 0.3 is 0 Å². The molecule has 0 aliphatic carbocycles. The predicted octanol–water partition coefficient (Wildman–Crippen LogP) is -0.0323. The van der Waals surface area contributed by atoms with E-state index in [-0.39, 0.29) is 17.9 Å². The topological polar surface area (TPSA) is 52.6 Å². The van der Waals surface area contributed by atoms with Crippen LogP contribution in [0.4, 0.5) is 0 Å². The number of nitrogens with zero attached hydrogens (tertiary/aromatic N) is 1. The third-order valence-corrected chi connectivity index (χ3v) is 3.55. The lowest BCUT2D eigenvalue weighted by Crippen LogP contribution is -2.44. The summed E-state index contributed by atoms with van der Waals surface area (Å²) < 4.78 is 0. The van der Waals surface area contributed by atoms with Crippen LogP contribution >= 0.6 is 0 Å². The summed E-state index contributed by atoms with van der Waals surface area (Å²) in [6.45, 7) is 4.36. The highest BCUT2D eigenvalue weighted by Crippen LogP contribution is 2.24. The van der Waals surface area contributed by atoms with E-state index >= 15 is 0 Å². The lowest BCUT2D eigenvalue weighted by molar-refractivity contribution is -0.137. The number of hydrogen-bond acceptors (Lipinski definition) is 3. The Labute approximate surface area is 90.6 Å². The molecule has 86 valence electrons. The quantitative estimate of drug-likeness (QED) is 0.676. The van der Waals surface area contributed by atoms with E-state index in [0.29, 0.717) is 0 Å². The predicted molar refractivity (Wildman–Crippen MR) is 57.4 cm³/mol. The largest absolute Gasteiger partial charge is 0.391 e. The van der Waals surface area contributed by atoms with Gasteiger partial charge < -0.3 is 15.3 Å². The molecule has 4 heteroatoms. The summed E-state index contributed by atoms with van der Waals surface area (Å²) in [5.74, 6) is 0.382. The third-order valence-electron chi connectivity index (χ3n) is 3.55. The Hall–Kier alpha value is -0.610. The van der Waals surface area contributed by atoms with Gasteiger partial charge in [-0.3, -0.25) is 4.79 Å². The molecule has 2 aliphatic rings. The molecule has 2 N–H and O–H groups in total. The number of carbonyl (C=O) groups excluding carboxylic acids is 1. The number of nitrogens with one attached hydrogen (secondary N) is 1. The smallest absolute Gasteiger partial charge is 0.227 e. The van der Waals surface area contributed by atoms with Crippen LogP contribution in [0.15, 0.2) is 0 Å². The van der Waals surface area contributed by atoms with Gasteiger partial charge in [0.1, 0.15) is 0 Å². The zero-order valence-electron chi connectivity index (χ0n) is 9.28. The third kappa shape index (κ3) is 2.16. The molecule has 0 radical (unpaired) electrons. The normalized spacial score (nSPS) is 33.3. The minimum Gasteiger partial charge on any atom is -0.391 e. The second kappa shape index (κ2) is 4.49. The Morgan fingerprint density at radius 2 is 2.33 bits per heavy atom. The molecule has 2 fully saturated rings.